The number of carbonyl (C=O) groups excluding carboxylic acids is 2. The molecule has 2 aromatic rings. The number of nitrogens with two attached hydrogens (primary N) is 1. The predicted molar refractivity (Wildman–Crippen MR) is 116 cm³/mol. The van der Waals surface area contributed by atoms with Crippen LogP contribution in [0.3, 0.4) is 0 Å². The van der Waals surface area contributed by atoms with Crippen molar-refractivity contribution in [3.63, 3.8) is 0 Å². The third-order valence-corrected chi connectivity index (χ3v) is 5.13. The van der Waals surface area contributed by atoms with Gasteiger partial charge in [-0.1, -0.05) is 44.2 Å². The van der Waals surface area contributed by atoms with Crippen LogP contribution in [0.5, 0.6) is 5.75 Å². The van der Waals surface area contributed by atoms with Crippen LogP contribution in [0.15, 0.2) is 53.5 Å². The molecule has 2 aromatic carbocycles. The second kappa shape index (κ2) is 9.43. The van der Waals surface area contributed by atoms with E-state index in [4.69, 9.17) is 10.5 Å². The Morgan fingerprint density at radius 2 is 1.97 bits per heavy atom. The van der Waals surface area contributed by atoms with Crippen molar-refractivity contribution in [2.24, 2.45) is 16.6 Å². The highest BCUT2D eigenvalue weighted by atomic mass is 16.5. The van der Waals surface area contributed by atoms with Gasteiger partial charge < -0.3 is 15.8 Å². The van der Waals surface area contributed by atoms with Crippen molar-refractivity contribution in [3.8, 4) is 5.75 Å². The number of nitrogens with zero attached hydrogens (tertiary/aromatic N) is 2. The van der Waals surface area contributed by atoms with Gasteiger partial charge in [-0.3, -0.25) is 14.5 Å². The number of guanidine groups is 1. The van der Waals surface area contributed by atoms with E-state index in [2.05, 4.69) is 10.3 Å². The van der Waals surface area contributed by atoms with Gasteiger partial charge in [-0.25, -0.2) is 4.99 Å². The van der Waals surface area contributed by atoms with Crippen LogP contribution >= 0.6 is 0 Å². The number of aliphatic imine (C=N–C) groups is 1. The molecule has 30 heavy (non-hydrogen) atoms. The van der Waals surface area contributed by atoms with Gasteiger partial charge in [0.25, 0.3) is 5.91 Å². The molecule has 0 spiro atoms. The third-order valence-electron chi connectivity index (χ3n) is 5.13. The summed E-state index contributed by atoms with van der Waals surface area (Å²) in [6.45, 7) is 4.70. The molecule has 0 radical (unpaired) electrons. The van der Waals surface area contributed by atoms with Crippen molar-refractivity contribution >= 4 is 17.8 Å². The molecular weight excluding hydrogens is 380 g/mol. The summed E-state index contributed by atoms with van der Waals surface area (Å²) in [6, 6.07) is 14.8. The summed E-state index contributed by atoms with van der Waals surface area (Å²) in [5.74, 6) is 0.705. The first-order chi connectivity index (χ1) is 14.4. The largest absolute Gasteiger partial charge is 0.497 e. The number of hydrogen-bond donors (Lipinski definition) is 2. The Morgan fingerprint density at radius 1 is 1.23 bits per heavy atom. The van der Waals surface area contributed by atoms with Crippen LogP contribution in [0.25, 0.3) is 0 Å². The number of ether oxygens (including phenoxy) is 1. The van der Waals surface area contributed by atoms with Crippen LogP contribution in [0.4, 0.5) is 0 Å². The van der Waals surface area contributed by atoms with Crippen LogP contribution in [0.1, 0.15) is 41.8 Å². The van der Waals surface area contributed by atoms with E-state index in [9.17, 15) is 9.59 Å². The zero-order valence-electron chi connectivity index (χ0n) is 17.6. The first-order valence-corrected chi connectivity index (χ1v) is 10.0. The molecule has 1 heterocycles. The fraction of sp³-hybridized carbons (Fsp3) is 0.348. The van der Waals surface area contributed by atoms with Crippen molar-refractivity contribution in [1.82, 2.24) is 10.2 Å². The quantitative estimate of drug-likeness (QED) is 0.736. The minimum Gasteiger partial charge on any atom is -0.497 e. The first kappa shape index (κ1) is 21.4. The van der Waals surface area contributed by atoms with E-state index in [1.807, 2.05) is 44.2 Å². The molecule has 7 heteroatoms. The summed E-state index contributed by atoms with van der Waals surface area (Å²) in [5.41, 5.74) is 8.28. The number of nitrogens with one attached hydrogen (secondary N) is 1. The van der Waals surface area contributed by atoms with Gasteiger partial charge in [0.05, 0.1) is 26.1 Å². The summed E-state index contributed by atoms with van der Waals surface area (Å²) in [6.07, 6.45) is 0.326. The lowest BCUT2D eigenvalue weighted by atomic mass is 9.99. The molecule has 1 aliphatic heterocycles. The molecule has 3 N–H and O–H groups in total. The van der Waals surface area contributed by atoms with Gasteiger partial charge >= 0.3 is 0 Å². The third kappa shape index (κ3) is 5.17. The summed E-state index contributed by atoms with van der Waals surface area (Å²) in [7, 11) is 1.54. The Kier molecular flexibility index (Phi) is 6.72. The molecule has 0 aliphatic carbocycles. The molecule has 7 nitrogen and oxygen atoms in total. The number of rotatable bonds is 7. The smallest absolute Gasteiger partial charge is 0.251 e. The molecular formula is C23H28N4O3. The molecule has 0 bridgehead atoms. The van der Waals surface area contributed by atoms with Crippen LogP contribution in [-0.2, 0) is 17.9 Å². The number of benzene rings is 2. The van der Waals surface area contributed by atoms with Crippen LogP contribution in [-0.4, -0.2) is 35.8 Å². The molecule has 158 valence electrons. The molecule has 0 aromatic heterocycles. The lowest BCUT2D eigenvalue weighted by Gasteiger charge is -2.30. The molecule has 1 aliphatic rings. The van der Waals surface area contributed by atoms with Gasteiger partial charge in [0, 0.05) is 12.1 Å². The minimum absolute atomic E-state index is 0.0703. The van der Waals surface area contributed by atoms with E-state index in [1.165, 1.54) is 4.90 Å². The highest BCUT2D eigenvalue weighted by Crippen LogP contribution is 2.22. The lowest BCUT2D eigenvalue weighted by molar-refractivity contribution is -0.129. The molecule has 3 rings (SSSR count). The summed E-state index contributed by atoms with van der Waals surface area (Å²) in [4.78, 5) is 31.2. The van der Waals surface area contributed by atoms with Crippen LogP contribution in [0, 0.1) is 5.92 Å². The Balaban J connectivity index is 1.76. The predicted octanol–water partition coefficient (Wildman–Crippen LogP) is 2.70. The summed E-state index contributed by atoms with van der Waals surface area (Å²) in [5, 5.41) is 2.91. The maximum Gasteiger partial charge on any atom is 0.251 e. The Morgan fingerprint density at radius 3 is 2.60 bits per heavy atom. The fourth-order valence-electron chi connectivity index (χ4n) is 3.32. The maximum atomic E-state index is 12.7. The Labute approximate surface area is 176 Å². The van der Waals surface area contributed by atoms with E-state index in [1.54, 1.807) is 25.3 Å². The number of carbonyl (C=O) groups is 2. The number of hydrogen-bond acceptors (Lipinski definition) is 5. The average molecular weight is 409 g/mol. The van der Waals surface area contributed by atoms with Gasteiger partial charge in [-0.15, -0.1) is 0 Å². The summed E-state index contributed by atoms with van der Waals surface area (Å²) >= 11 is 0. The maximum absolute atomic E-state index is 12.7. The highest BCUT2D eigenvalue weighted by Gasteiger charge is 2.29. The van der Waals surface area contributed by atoms with Crippen molar-refractivity contribution in [1.29, 1.82) is 0 Å². The van der Waals surface area contributed by atoms with Crippen molar-refractivity contribution in [2.75, 3.05) is 7.11 Å². The van der Waals surface area contributed by atoms with E-state index in [0.29, 0.717) is 24.3 Å². The van der Waals surface area contributed by atoms with Crippen LogP contribution in [0.2, 0.25) is 0 Å². The summed E-state index contributed by atoms with van der Waals surface area (Å²) < 4.78 is 5.35. The van der Waals surface area contributed by atoms with E-state index >= 15 is 0 Å². The second-order valence-electron chi connectivity index (χ2n) is 7.72. The minimum atomic E-state index is -0.217. The van der Waals surface area contributed by atoms with E-state index in [-0.39, 0.29) is 36.3 Å². The molecule has 0 saturated heterocycles. The highest BCUT2D eigenvalue weighted by molar-refractivity contribution is 5.98. The first-order valence-electron chi connectivity index (χ1n) is 10.0. The molecule has 1 unspecified atom stereocenters. The van der Waals surface area contributed by atoms with Crippen molar-refractivity contribution in [2.45, 2.75) is 39.4 Å². The molecule has 0 fully saturated rings. The van der Waals surface area contributed by atoms with Gasteiger partial charge in [-0.05, 0) is 35.2 Å². The molecule has 1 atom stereocenters. The molecule has 0 saturated carbocycles. The van der Waals surface area contributed by atoms with Crippen molar-refractivity contribution in [3.05, 3.63) is 65.2 Å². The topological polar surface area (TPSA) is 97.0 Å². The number of amides is 2. The van der Waals surface area contributed by atoms with Gasteiger partial charge in [0.1, 0.15) is 5.75 Å². The van der Waals surface area contributed by atoms with Gasteiger partial charge in [0.2, 0.25) is 5.91 Å². The Bertz CT molecular complexity index is 941. The van der Waals surface area contributed by atoms with Crippen LogP contribution < -0.4 is 15.8 Å². The normalized spacial score (nSPS) is 16.4. The fourth-order valence-corrected chi connectivity index (χ4v) is 3.32. The second-order valence-corrected chi connectivity index (χ2v) is 7.72. The molecule has 2 amide bonds. The number of methoxy groups -OCH3 is 1. The lowest BCUT2D eigenvalue weighted by Crippen LogP contribution is -2.47. The van der Waals surface area contributed by atoms with E-state index < -0.39 is 0 Å². The zero-order valence-corrected chi connectivity index (χ0v) is 17.6. The van der Waals surface area contributed by atoms with Crippen molar-refractivity contribution < 1.29 is 14.3 Å². The average Bonchev–Trinajstić information content (AvgIpc) is 2.74. The SMILES string of the molecule is COc1cc(CN2C(=O)CC(C(C)C)N=C2N)cc(C(=O)NCc2ccccc2)c1. The standard InChI is InChI=1S/C23H28N4O3/c1-15(2)20-12-21(28)27(23(24)26-20)14-17-9-18(11-19(10-17)30-3)22(29)25-13-16-7-5-4-6-8-16/h4-11,15,20H,12-14H2,1-3H3,(H2,24,26)(H,25,29). The van der Waals surface area contributed by atoms with E-state index in [0.717, 1.165) is 11.1 Å². The monoisotopic (exact) mass is 408 g/mol. The Hall–Kier alpha value is -3.35. The van der Waals surface area contributed by atoms with Gasteiger partial charge in [0.15, 0.2) is 5.96 Å². The van der Waals surface area contributed by atoms with Gasteiger partial charge in [-0.2, -0.15) is 0 Å². The zero-order chi connectivity index (χ0) is 21.7.